The van der Waals surface area contributed by atoms with E-state index >= 15 is 0 Å². The molecule has 0 radical (unpaired) electrons. The predicted molar refractivity (Wildman–Crippen MR) is 81.9 cm³/mol. The van der Waals surface area contributed by atoms with E-state index in [9.17, 15) is 4.79 Å². The number of ether oxygens (including phenoxy) is 1. The molecule has 1 saturated carbocycles. The highest BCUT2D eigenvalue weighted by atomic mass is 16.5. The summed E-state index contributed by atoms with van der Waals surface area (Å²) in [7, 11) is 0. The van der Waals surface area contributed by atoms with Gasteiger partial charge in [-0.1, -0.05) is 32.8 Å². The van der Waals surface area contributed by atoms with Gasteiger partial charge in [0.25, 0.3) is 0 Å². The van der Waals surface area contributed by atoms with Gasteiger partial charge in [-0.25, -0.2) is 0 Å². The number of hydrogen-bond donors (Lipinski definition) is 1. The van der Waals surface area contributed by atoms with Gasteiger partial charge in [-0.3, -0.25) is 4.79 Å². The lowest BCUT2D eigenvalue weighted by molar-refractivity contribution is -0.124. The van der Waals surface area contributed by atoms with E-state index in [1.54, 1.807) is 12.1 Å². The summed E-state index contributed by atoms with van der Waals surface area (Å²) in [6.07, 6.45) is 4.36. The topological polar surface area (TPSA) is 62.1 Å². The fourth-order valence-corrected chi connectivity index (χ4v) is 2.99. The van der Waals surface area contributed by atoms with Crippen LogP contribution in [0.3, 0.4) is 0 Å². The second-order valence-electron chi connectivity index (χ2n) is 6.25. The number of carbonyl (C=O) groups is 1. The first-order chi connectivity index (χ1) is 10.0. The summed E-state index contributed by atoms with van der Waals surface area (Å²) in [6, 6.07) is 9.11. The molecule has 0 aromatic heterocycles. The highest BCUT2D eigenvalue weighted by Gasteiger charge is 2.37. The Hall–Kier alpha value is -2.02. The third-order valence-electron chi connectivity index (χ3n) is 4.23. The van der Waals surface area contributed by atoms with Crippen LogP contribution in [0.25, 0.3) is 0 Å². The monoisotopic (exact) mass is 286 g/mol. The Balaban J connectivity index is 2.04. The standard InChI is InChI=1S/C17H22N2O2/c1-17(2)9-4-3-8-15(17)16(20)19-13-6-5-7-14(12-13)21-11-10-18/h5-7,12,15H,3-4,8-9,11H2,1-2H3,(H,19,20). The lowest BCUT2D eigenvalue weighted by Gasteiger charge is -2.37. The number of hydrogen-bond acceptors (Lipinski definition) is 3. The van der Waals surface area contributed by atoms with Crippen LogP contribution in [0.15, 0.2) is 24.3 Å². The molecule has 4 nitrogen and oxygen atoms in total. The molecule has 1 aliphatic carbocycles. The van der Waals surface area contributed by atoms with Gasteiger partial charge >= 0.3 is 0 Å². The van der Waals surface area contributed by atoms with Crippen molar-refractivity contribution in [1.29, 1.82) is 5.26 Å². The van der Waals surface area contributed by atoms with Crippen LogP contribution in [-0.4, -0.2) is 12.5 Å². The molecule has 1 aromatic rings. The molecular weight excluding hydrogens is 264 g/mol. The third kappa shape index (κ3) is 3.98. The number of carbonyl (C=O) groups excluding carboxylic acids is 1. The van der Waals surface area contributed by atoms with Gasteiger partial charge in [-0.15, -0.1) is 0 Å². The average Bonchev–Trinajstić information content (AvgIpc) is 2.45. The Morgan fingerprint density at radius 2 is 2.29 bits per heavy atom. The number of benzene rings is 1. The maximum atomic E-state index is 12.5. The minimum Gasteiger partial charge on any atom is -0.479 e. The Bertz CT molecular complexity index is 546. The minimum absolute atomic E-state index is 0.00700. The molecule has 0 bridgehead atoms. The molecule has 1 atom stereocenters. The number of anilines is 1. The highest BCUT2D eigenvalue weighted by molar-refractivity contribution is 5.93. The van der Waals surface area contributed by atoms with Crippen molar-refractivity contribution in [3.63, 3.8) is 0 Å². The van der Waals surface area contributed by atoms with Crippen molar-refractivity contribution in [3.8, 4) is 11.8 Å². The number of amides is 1. The van der Waals surface area contributed by atoms with E-state index in [2.05, 4.69) is 19.2 Å². The second kappa shape index (κ2) is 6.62. The molecule has 0 saturated heterocycles. The van der Waals surface area contributed by atoms with Crippen molar-refractivity contribution >= 4 is 11.6 Å². The molecule has 4 heteroatoms. The second-order valence-corrected chi connectivity index (χ2v) is 6.25. The molecule has 1 N–H and O–H groups in total. The zero-order chi connectivity index (χ0) is 15.3. The van der Waals surface area contributed by atoms with E-state index in [1.807, 2.05) is 18.2 Å². The quantitative estimate of drug-likeness (QED) is 0.917. The van der Waals surface area contributed by atoms with E-state index in [4.69, 9.17) is 10.00 Å². The van der Waals surface area contributed by atoms with Crippen molar-refractivity contribution in [3.05, 3.63) is 24.3 Å². The van der Waals surface area contributed by atoms with E-state index < -0.39 is 0 Å². The minimum atomic E-state index is 0.00700. The van der Waals surface area contributed by atoms with E-state index in [0.717, 1.165) is 24.9 Å². The fourth-order valence-electron chi connectivity index (χ4n) is 2.99. The molecule has 1 aliphatic rings. The molecule has 0 heterocycles. The van der Waals surface area contributed by atoms with Crippen LogP contribution in [0.4, 0.5) is 5.69 Å². The molecule has 1 aromatic carbocycles. The first kappa shape index (κ1) is 15.4. The zero-order valence-corrected chi connectivity index (χ0v) is 12.7. The van der Waals surface area contributed by atoms with Gasteiger partial charge in [0.1, 0.15) is 11.8 Å². The summed E-state index contributed by atoms with van der Waals surface area (Å²) in [4.78, 5) is 12.5. The fraction of sp³-hybridized carbons (Fsp3) is 0.529. The first-order valence-corrected chi connectivity index (χ1v) is 7.43. The maximum Gasteiger partial charge on any atom is 0.228 e. The zero-order valence-electron chi connectivity index (χ0n) is 12.7. The molecule has 112 valence electrons. The van der Waals surface area contributed by atoms with Crippen LogP contribution in [0, 0.1) is 22.7 Å². The summed E-state index contributed by atoms with van der Waals surface area (Å²) in [5.74, 6) is 0.726. The molecule has 1 fully saturated rings. The van der Waals surface area contributed by atoms with Crippen LogP contribution >= 0.6 is 0 Å². The van der Waals surface area contributed by atoms with Gasteiger partial charge in [0.2, 0.25) is 5.91 Å². The molecule has 1 unspecified atom stereocenters. The van der Waals surface area contributed by atoms with Gasteiger partial charge in [0.15, 0.2) is 6.61 Å². The predicted octanol–water partition coefficient (Wildman–Crippen LogP) is 3.74. The Labute approximate surface area is 126 Å². The van der Waals surface area contributed by atoms with Crippen molar-refractivity contribution < 1.29 is 9.53 Å². The molecule has 0 aliphatic heterocycles. The average molecular weight is 286 g/mol. The molecule has 21 heavy (non-hydrogen) atoms. The number of rotatable bonds is 4. The van der Waals surface area contributed by atoms with Crippen LogP contribution in [0.2, 0.25) is 0 Å². The van der Waals surface area contributed by atoms with Gasteiger partial charge in [0.05, 0.1) is 0 Å². The summed E-state index contributed by atoms with van der Waals surface area (Å²) in [6.45, 7) is 4.35. The van der Waals surface area contributed by atoms with Crippen molar-refractivity contribution in [2.75, 3.05) is 11.9 Å². The first-order valence-electron chi connectivity index (χ1n) is 7.43. The molecule has 2 rings (SSSR count). The summed E-state index contributed by atoms with van der Waals surface area (Å²) in [5.41, 5.74) is 0.772. The van der Waals surface area contributed by atoms with Crippen LogP contribution in [0.1, 0.15) is 39.5 Å². The van der Waals surface area contributed by atoms with E-state index in [1.165, 1.54) is 6.42 Å². The van der Waals surface area contributed by atoms with Gasteiger partial charge in [-0.2, -0.15) is 5.26 Å². The molecular formula is C17H22N2O2. The Morgan fingerprint density at radius 1 is 1.48 bits per heavy atom. The largest absolute Gasteiger partial charge is 0.479 e. The number of nitriles is 1. The third-order valence-corrected chi connectivity index (χ3v) is 4.23. The maximum absolute atomic E-state index is 12.5. The summed E-state index contributed by atoms with van der Waals surface area (Å²) >= 11 is 0. The number of nitrogens with zero attached hydrogens (tertiary/aromatic N) is 1. The number of nitrogens with one attached hydrogen (secondary N) is 1. The van der Waals surface area contributed by atoms with Crippen molar-refractivity contribution in [2.45, 2.75) is 39.5 Å². The van der Waals surface area contributed by atoms with Crippen molar-refractivity contribution in [2.24, 2.45) is 11.3 Å². The van der Waals surface area contributed by atoms with E-state index in [-0.39, 0.29) is 23.8 Å². The summed E-state index contributed by atoms with van der Waals surface area (Å²) in [5, 5.41) is 11.5. The molecule has 0 spiro atoms. The van der Waals surface area contributed by atoms with Crippen molar-refractivity contribution in [1.82, 2.24) is 0 Å². The van der Waals surface area contributed by atoms with Crippen LogP contribution in [0.5, 0.6) is 5.75 Å². The molecule has 1 amide bonds. The normalized spacial score (nSPS) is 20.3. The SMILES string of the molecule is CC1(C)CCCCC1C(=O)Nc1cccc(OCC#N)c1. The van der Waals surface area contributed by atoms with E-state index in [0.29, 0.717) is 5.75 Å². The Kier molecular flexibility index (Phi) is 4.85. The lowest BCUT2D eigenvalue weighted by Crippen LogP contribution is -2.37. The van der Waals surface area contributed by atoms with Crippen LogP contribution in [-0.2, 0) is 4.79 Å². The lowest BCUT2D eigenvalue weighted by atomic mass is 9.68. The smallest absolute Gasteiger partial charge is 0.228 e. The van der Waals surface area contributed by atoms with Gasteiger partial charge in [-0.05, 0) is 30.4 Å². The highest BCUT2D eigenvalue weighted by Crippen LogP contribution is 2.41. The van der Waals surface area contributed by atoms with Gasteiger partial charge < -0.3 is 10.1 Å². The summed E-state index contributed by atoms with van der Waals surface area (Å²) < 4.78 is 5.25. The Morgan fingerprint density at radius 3 is 3.00 bits per heavy atom. The van der Waals surface area contributed by atoms with Crippen LogP contribution < -0.4 is 10.1 Å². The van der Waals surface area contributed by atoms with Gasteiger partial charge in [0, 0.05) is 17.7 Å².